The Kier molecular flexibility index (Phi) is 5.14. The molecule has 1 aliphatic heterocycles. The van der Waals surface area contributed by atoms with Gasteiger partial charge in [-0.15, -0.1) is 0 Å². The summed E-state index contributed by atoms with van der Waals surface area (Å²) >= 11 is 0. The highest BCUT2D eigenvalue weighted by atomic mass is 19.3. The molecular weight excluding hydrogens is 330 g/mol. The van der Waals surface area contributed by atoms with Crippen LogP contribution in [0.25, 0.3) is 0 Å². The molecule has 7 heteroatoms. The number of hydrogen-bond acceptors (Lipinski definition) is 4. The Morgan fingerprint density at radius 2 is 1.88 bits per heavy atom. The zero-order valence-corrected chi connectivity index (χ0v) is 13.6. The predicted molar refractivity (Wildman–Crippen MR) is 88.8 cm³/mol. The fourth-order valence-corrected chi connectivity index (χ4v) is 2.87. The number of carbonyl (C=O) groups excluding carboxylic acids is 1. The number of hydrogen-bond donors (Lipinski definition) is 1. The molecule has 3 rings (SSSR count). The molecule has 0 fully saturated rings. The van der Waals surface area contributed by atoms with E-state index in [9.17, 15) is 13.6 Å². The number of para-hydroxylation sites is 2. The maximum absolute atomic E-state index is 12.9. The predicted octanol–water partition coefficient (Wildman–Crippen LogP) is 3.50. The van der Waals surface area contributed by atoms with E-state index >= 15 is 0 Å². The molecule has 1 aliphatic rings. The fourth-order valence-electron chi connectivity index (χ4n) is 2.87. The second-order valence-corrected chi connectivity index (χ2v) is 5.50. The van der Waals surface area contributed by atoms with Gasteiger partial charge in [0.25, 0.3) is 5.91 Å². The van der Waals surface area contributed by atoms with Crippen molar-refractivity contribution in [2.75, 3.05) is 25.6 Å². The highest BCUT2D eigenvalue weighted by molar-refractivity contribution is 6.01. The van der Waals surface area contributed by atoms with E-state index in [0.717, 1.165) is 0 Å². The number of ether oxygens (including phenoxy) is 2. The van der Waals surface area contributed by atoms with E-state index in [-0.39, 0.29) is 11.7 Å². The lowest BCUT2D eigenvalue weighted by atomic mass is 10.0. The number of methoxy groups -OCH3 is 1. The Morgan fingerprint density at radius 3 is 2.64 bits per heavy atom. The summed E-state index contributed by atoms with van der Waals surface area (Å²) in [5, 5.41) is 3.24. The summed E-state index contributed by atoms with van der Waals surface area (Å²) in [5.41, 5.74) is 1.64. The van der Waals surface area contributed by atoms with Gasteiger partial charge in [0.05, 0.1) is 12.2 Å². The summed E-state index contributed by atoms with van der Waals surface area (Å²) in [7, 11) is 1.54. The average Bonchev–Trinajstić information content (AvgIpc) is 2.61. The number of nitrogens with one attached hydrogen (secondary N) is 1. The molecule has 0 saturated carbocycles. The van der Waals surface area contributed by atoms with Crippen LogP contribution in [-0.4, -0.2) is 37.7 Å². The van der Waals surface area contributed by atoms with Crippen molar-refractivity contribution in [3.05, 3.63) is 59.7 Å². The highest BCUT2D eigenvalue weighted by Gasteiger charge is 2.34. The van der Waals surface area contributed by atoms with Gasteiger partial charge in [-0.05, 0) is 18.2 Å². The van der Waals surface area contributed by atoms with Crippen LogP contribution in [0.4, 0.5) is 14.5 Å². The second kappa shape index (κ2) is 7.48. The SMILES string of the molecule is COCCN1C(=O)c2ccccc2NC1c1ccccc1OC(F)F. The molecule has 25 heavy (non-hydrogen) atoms. The van der Waals surface area contributed by atoms with Crippen LogP contribution in [0.2, 0.25) is 0 Å². The number of amides is 1. The summed E-state index contributed by atoms with van der Waals surface area (Å²) in [6.45, 7) is -2.31. The summed E-state index contributed by atoms with van der Waals surface area (Å²) in [6.07, 6.45) is -0.632. The molecule has 2 aromatic carbocycles. The molecule has 5 nitrogen and oxygen atoms in total. The normalized spacial score (nSPS) is 16.6. The van der Waals surface area contributed by atoms with Crippen molar-refractivity contribution in [2.45, 2.75) is 12.8 Å². The van der Waals surface area contributed by atoms with E-state index in [1.807, 2.05) is 6.07 Å². The summed E-state index contributed by atoms with van der Waals surface area (Å²) in [6, 6.07) is 13.5. The summed E-state index contributed by atoms with van der Waals surface area (Å²) in [4.78, 5) is 14.4. The first-order valence-electron chi connectivity index (χ1n) is 7.81. The molecular formula is C18H18F2N2O3. The lowest BCUT2D eigenvalue weighted by molar-refractivity contribution is -0.0510. The number of anilines is 1. The number of carbonyl (C=O) groups is 1. The van der Waals surface area contributed by atoms with Crippen LogP contribution in [0.5, 0.6) is 5.75 Å². The van der Waals surface area contributed by atoms with Crippen molar-refractivity contribution in [1.29, 1.82) is 0 Å². The van der Waals surface area contributed by atoms with E-state index in [4.69, 9.17) is 4.74 Å². The number of nitrogens with zero attached hydrogens (tertiary/aromatic N) is 1. The van der Waals surface area contributed by atoms with Crippen molar-refractivity contribution in [2.24, 2.45) is 0 Å². The van der Waals surface area contributed by atoms with Crippen LogP contribution in [0.3, 0.4) is 0 Å². The van der Waals surface area contributed by atoms with Crippen LogP contribution in [0.1, 0.15) is 22.1 Å². The molecule has 1 heterocycles. The molecule has 1 amide bonds. The van der Waals surface area contributed by atoms with Crippen molar-refractivity contribution >= 4 is 11.6 Å². The van der Waals surface area contributed by atoms with Gasteiger partial charge in [-0.25, -0.2) is 0 Å². The standard InChI is InChI=1S/C18H18F2N2O3/c1-24-11-10-22-16(13-7-3-5-9-15(13)25-18(19)20)21-14-8-4-2-6-12(14)17(22)23/h2-9,16,18,21H,10-11H2,1H3. The molecule has 1 N–H and O–H groups in total. The molecule has 1 unspecified atom stereocenters. The molecule has 0 saturated heterocycles. The zero-order chi connectivity index (χ0) is 17.8. The van der Waals surface area contributed by atoms with Crippen molar-refractivity contribution in [3.63, 3.8) is 0 Å². The van der Waals surface area contributed by atoms with Crippen LogP contribution in [0.15, 0.2) is 48.5 Å². The van der Waals surface area contributed by atoms with E-state index in [2.05, 4.69) is 10.1 Å². The van der Waals surface area contributed by atoms with Gasteiger partial charge < -0.3 is 19.7 Å². The third kappa shape index (κ3) is 3.56. The molecule has 0 spiro atoms. The van der Waals surface area contributed by atoms with Gasteiger partial charge in [0.1, 0.15) is 11.9 Å². The minimum Gasteiger partial charge on any atom is -0.434 e. The van der Waals surface area contributed by atoms with E-state index in [1.54, 1.807) is 48.4 Å². The van der Waals surface area contributed by atoms with Crippen molar-refractivity contribution < 1.29 is 23.0 Å². The number of rotatable bonds is 6. The van der Waals surface area contributed by atoms with E-state index in [0.29, 0.717) is 30.0 Å². The van der Waals surface area contributed by atoms with Crippen LogP contribution >= 0.6 is 0 Å². The van der Waals surface area contributed by atoms with Crippen molar-refractivity contribution in [1.82, 2.24) is 4.90 Å². The molecule has 2 aromatic rings. The third-order valence-corrected chi connectivity index (χ3v) is 3.99. The maximum atomic E-state index is 12.9. The minimum absolute atomic E-state index is 0.0320. The Balaban J connectivity index is 2.02. The lowest BCUT2D eigenvalue weighted by Crippen LogP contribution is -2.44. The van der Waals surface area contributed by atoms with Gasteiger partial charge >= 0.3 is 6.61 Å². The van der Waals surface area contributed by atoms with Gasteiger partial charge in [-0.2, -0.15) is 8.78 Å². The van der Waals surface area contributed by atoms with Gasteiger partial charge in [-0.3, -0.25) is 4.79 Å². The molecule has 0 bridgehead atoms. The van der Waals surface area contributed by atoms with Crippen LogP contribution in [-0.2, 0) is 4.74 Å². The van der Waals surface area contributed by atoms with E-state index < -0.39 is 12.8 Å². The second-order valence-electron chi connectivity index (χ2n) is 5.50. The number of benzene rings is 2. The Hall–Kier alpha value is -2.67. The van der Waals surface area contributed by atoms with Gasteiger partial charge in [0.2, 0.25) is 0 Å². The third-order valence-electron chi connectivity index (χ3n) is 3.99. The fraction of sp³-hybridized carbons (Fsp3) is 0.278. The first-order valence-corrected chi connectivity index (χ1v) is 7.81. The lowest BCUT2D eigenvalue weighted by Gasteiger charge is -2.38. The van der Waals surface area contributed by atoms with Crippen molar-refractivity contribution in [3.8, 4) is 5.75 Å². The molecule has 0 aromatic heterocycles. The largest absolute Gasteiger partial charge is 0.434 e. The molecule has 0 radical (unpaired) electrons. The summed E-state index contributed by atoms with van der Waals surface area (Å²) < 4.78 is 35.2. The Bertz CT molecular complexity index is 755. The first-order chi connectivity index (χ1) is 12.1. The highest BCUT2D eigenvalue weighted by Crippen LogP contribution is 2.36. The van der Waals surface area contributed by atoms with Gasteiger partial charge in [0.15, 0.2) is 0 Å². The molecule has 1 atom stereocenters. The number of halogens is 2. The Morgan fingerprint density at radius 1 is 1.16 bits per heavy atom. The van der Waals surface area contributed by atoms with Crippen LogP contribution in [0, 0.1) is 0 Å². The van der Waals surface area contributed by atoms with Gasteiger partial charge in [0, 0.05) is 24.9 Å². The first kappa shape index (κ1) is 17.2. The molecule has 0 aliphatic carbocycles. The zero-order valence-electron chi connectivity index (χ0n) is 13.6. The monoisotopic (exact) mass is 348 g/mol. The summed E-state index contributed by atoms with van der Waals surface area (Å²) in [5.74, 6) is -0.159. The number of alkyl halides is 2. The topological polar surface area (TPSA) is 50.8 Å². The quantitative estimate of drug-likeness (QED) is 0.868. The number of fused-ring (bicyclic) bond motifs is 1. The average molecular weight is 348 g/mol. The Labute approximate surface area is 144 Å². The minimum atomic E-state index is -2.94. The van der Waals surface area contributed by atoms with E-state index in [1.165, 1.54) is 6.07 Å². The van der Waals surface area contributed by atoms with Gasteiger partial charge in [-0.1, -0.05) is 30.3 Å². The smallest absolute Gasteiger partial charge is 0.387 e. The molecule has 132 valence electrons. The van der Waals surface area contributed by atoms with Crippen LogP contribution < -0.4 is 10.1 Å². The maximum Gasteiger partial charge on any atom is 0.387 e.